The quantitative estimate of drug-likeness (QED) is 0.690. The molecule has 1 aromatic heterocycles. The van der Waals surface area contributed by atoms with E-state index >= 15 is 0 Å². The van der Waals surface area contributed by atoms with Gasteiger partial charge in [-0.2, -0.15) is 0 Å². The summed E-state index contributed by atoms with van der Waals surface area (Å²) in [5, 5.41) is 4.15. The van der Waals surface area contributed by atoms with E-state index in [1.807, 2.05) is 43.3 Å². The van der Waals surface area contributed by atoms with Crippen LogP contribution < -0.4 is 5.32 Å². The fourth-order valence-electron chi connectivity index (χ4n) is 2.57. The first-order chi connectivity index (χ1) is 11.2. The van der Waals surface area contributed by atoms with E-state index in [2.05, 4.69) is 35.1 Å². The maximum Gasteiger partial charge on any atom is 0.234 e. The Kier molecular flexibility index (Phi) is 4.72. The maximum absolute atomic E-state index is 12.1. The minimum atomic E-state index is 0.0205. The third-order valence-electron chi connectivity index (χ3n) is 3.79. The van der Waals surface area contributed by atoms with Crippen LogP contribution in [0.1, 0.15) is 12.5 Å². The fourth-order valence-corrected chi connectivity index (χ4v) is 3.46. The lowest BCUT2D eigenvalue weighted by atomic mass is 10.2. The van der Waals surface area contributed by atoms with E-state index in [4.69, 9.17) is 0 Å². The number of nitrogens with zero attached hydrogens (tertiary/aromatic N) is 1. The molecule has 3 nitrogen and oxygen atoms in total. The van der Waals surface area contributed by atoms with Crippen molar-refractivity contribution >= 4 is 34.3 Å². The number of anilines is 1. The van der Waals surface area contributed by atoms with Gasteiger partial charge in [0.25, 0.3) is 0 Å². The first-order valence-electron chi connectivity index (χ1n) is 7.74. The van der Waals surface area contributed by atoms with E-state index in [0.717, 1.165) is 17.1 Å². The number of para-hydroxylation sites is 1. The topological polar surface area (TPSA) is 34.0 Å². The minimum Gasteiger partial charge on any atom is -0.347 e. The Bertz CT molecular complexity index is 821. The molecule has 3 rings (SSSR count). The monoisotopic (exact) mass is 324 g/mol. The van der Waals surface area contributed by atoms with E-state index in [-0.39, 0.29) is 5.91 Å². The van der Waals surface area contributed by atoms with Crippen molar-refractivity contribution in [1.29, 1.82) is 0 Å². The number of aryl methyl sites for hydroxylation is 2. The molecule has 118 valence electrons. The van der Waals surface area contributed by atoms with Gasteiger partial charge in [-0.1, -0.05) is 35.9 Å². The summed E-state index contributed by atoms with van der Waals surface area (Å²) >= 11 is 1.58. The normalized spacial score (nSPS) is 10.9. The first-order valence-corrected chi connectivity index (χ1v) is 8.73. The number of rotatable bonds is 5. The molecule has 0 aliphatic heterocycles. The van der Waals surface area contributed by atoms with Crippen LogP contribution in [0, 0.1) is 6.92 Å². The average Bonchev–Trinajstić information content (AvgIpc) is 2.93. The molecule has 0 bridgehead atoms. The Hall–Kier alpha value is -2.20. The maximum atomic E-state index is 12.1. The molecule has 2 aromatic carbocycles. The van der Waals surface area contributed by atoms with Gasteiger partial charge in [-0.05, 0) is 32.0 Å². The SMILES string of the molecule is CCn1cc(SCC(=O)Nc2ccc(C)cc2)c2ccccc21. The zero-order valence-corrected chi connectivity index (χ0v) is 14.2. The van der Waals surface area contributed by atoms with Crippen LogP contribution in [0.15, 0.2) is 59.6 Å². The van der Waals surface area contributed by atoms with Gasteiger partial charge in [0.05, 0.1) is 5.75 Å². The molecule has 0 spiro atoms. The molecule has 0 atom stereocenters. The molecule has 23 heavy (non-hydrogen) atoms. The van der Waals surface area contributed by atoms with E-state index in [9.17, 15) is 4.79 Å². The number of aromatic nitrogens is 1. The molecule has 4 heteroatoms. The number of carbonyl (C=O) groups is 1. The van der Waals surface area contributed by atoms with Gasteiger partial charge in [-0.3, -0.25) is 4.79 Å². The van der Waals surface area contributed by atoms with E-state index < -0.39 is 0 Å². The summed E-state index contributed by atoms with van der Waals surface area (Å²) in [5.74, 6) is 0.429. The van der Waals surface area contributed by atoms with Crippen molar-refractivity contribution in [2.24, 2.45) is 0 Å². The van der Waals surface area contributed by atoms with Crippen molar-refractivity contribution in [3.8, 4) is 0 Å². The Morgan fingerprint density at radius 2 is 1.87 bits per heavy atom. The van der Waals surface area contributed by atoms with Crippen LogP contribution in [0.5, 0.6) is 0 Å². The number of amides is 1. The first kappa shape index (κ1) is 15.7. The van der Waals surface area contributed by atoms with Crippen LogP contribution in [0.3, 0.4) is 0 Å². The van der Waals surface area contributed by atoms with Crippen molar-refractivity contribution in [2.75, 3.05) is 11.1 Å². The molecular formula is C19H20N2OS. The zero-order valence-electron chi connectivity index (χ0n) is 13.4. The Morgan fingerprint density at radius 1 is 1.13 bits per heavy atom. The lowest BCUT2D eigenvalue weighted by molar-refractivity contribution is -0.113. The van der Waals surface area contributed by atoms with Crippen LogP contribution in [0.25, 0.3) is 10.9 Å². The Balaban J connectivity index is 1.68. The number of benzene rings is 2. The van der Waals surface area contributed by atoms with Gasteiger partial charge < -0.3 is 9.88 Å². The standard InChI is InChI=1S/C19H20N2OS/c1-3-21-12-18(16-6-4-5-7-17(16)21)23-13-19(22)20-15-10-8-14(2)9-11-15/h4-12H,3,13H2,1-2H3,(H,20,22). The van der Waals surface area contributed by atoms with Crippen LogP contribution in [-0.4, -0.2) is 16.2 Å². The molecule has 0 saturated heterocycles. The van der Waals surface area contributed by atoms with Gasteiger partial charge >= 0.3 is 0 Å². The van der Waals surface area contributed by atoms with Gasteiger partial charge in [0.15, 0.2) is 0 Å². The minimum absolute atomic E-state index is 0.0205. The van der Waals surface area contributed by atoms with Crippen molar-refractivity contribution in [3.05, 3.63) is 60.3 Å². The van der Waals surface area contributed by atoms with Gasteiger partial charge in [-0.15, -0.1) is 11.8 Å². The number of carbonyl (C=O) groups excluding carboxylic acids is 1. The number of hydrogen-bond donors (Lipinski definition) is 1. The highest BCUT2D eigenvalue weighted by Gasteiger charge is 2.10. The molecule has 1 N–H and O–H groups in total. The highest BCUT2D eigenvalue weighted by Crippen LogP contribution is 2.30. The van der Waals surface area contributed by atoms with Crippen LogP contribution in [0.4, 0.5) is 5.69 Å². The largest absolute Gasteiger partial charge is 0.347 e. The molecule has 1 amide bonds. The average molecular weight is 324 g/mol. The summed E-state index contributed by atoms with van der Waals surface area (Å²) in [7, 11) is 0. The van der Waals surface area contributed by atoms with Crippen molar-refractivity contribution in [3.63, 3.8) is 0 Å². The molecule has 0 fully saturated rings. The number of thioether (sulfide) groups is 1. The van der Waals surface area contributed by atoms with E-state index in [1.54, 1.807) is 11.8 Å². The molecule has 0 unspecified atom stereocenters. The van der Waals surface area contributed by atoms with Crippen molar-refractivity contribution in [1.82, 2.24) is 4.57 Å². The molecule has 0 radical (unpaired) electrons. The van der Waals surface area contributed by atoms with Crippen LogP contribution in [-0.2, 0) is 11.3 Å². The predicted molar refractivity (Wildman–Crippen MR) is 98.1 cm³/mol. The lowest BCUT2D eigenvalue weighted by Crippen LogP contribution is -2.13. The second-order valence-electron chi connectivity index (χ2n) is 5.50. The molecule has 1 heterocycles. The number of nitrogens with one attached hydrogen (secondary N) is 1. The molecule has 0 aliphatic rings. The summed E-state index contributed by atoms with van der Waals surface area (Å²) in [6.45, 7) is 5.09. The molecule has 3 aromatic rings. The highest BCUT2D eigenvalue weighted by molar-refractivity contribution is 8.00. The summed E-state index contributed by atoms with van der Waals surface area (Å²) in [4.78, 5) is 13.3. The Labute approximate surface area is 140 Å². The summed E-state index contributed by atoms with van der Waals surface area (Å²) in [5.41, 5.74) is 3.25. The predicted octanol–water partition coefficient (Wildman–Crippen LogP) is 4.70. The van der Waals surface area contributed by atoms with Gasteiger partial charge in [-0.25, -0.2) is 0 Å². The lowest BCUT2D eigenvalue weighted by Gasteiger charge is -2.05. The third-order valence-corrected chi connectivity index (χ3v) is 4.83. The second-order valence-corrected chi connectivity index (χ2v) is 6.52. The second kappa shape index (κ2) is 6.92. The molecular weight excluding hydrogens is 304 g/mol. The smallest absolute Gasteiger partial charge is 0.234 e. The van der Waals surface area contributed by atoms with Gasteiger partial charge in [0, 0.05) is 34.2 Å². The van der Waals surface area contributed by atoms with E-state index in [1.165, 1.54) is 16.5 Å². The van der Waals surface area contributed by atoms with Gasteiger partial charge in [0.2, 0.25) is 5.91 Å². The summed E-state index contributed by atoms with van der Waals surface area (Å²) in [6, 6.07) is 16.2. The van der Waals surface area contributed by atoms with Crippen LogP contribution >= 0.6 is 11.8 Å². The summed E-state index contributed by atoms with van der Waals surface area (Å²) < 4.78 is 2.22. The van der Waals surface area contributed by atoms with Gasteiger partial charge in [0.1, 0.15) is 0 Å². The number of hydrogen-bond acceptors (Lipinski definition) is 2. The van der Waals surface area contributed by atoms with Crippen molar-refractivity contribution < 1.29 is 4.79 Å². The van der Waals surface area contributed by atoms with Crippen molar-refractivity contribution in [2.45, 2.75) is 25.3 Å². The zero-order chi connectivity index (χ0) is 16.2. The number of fused-ring (bicyclic) bond motifs is 1. The molecule has 0 saturated carbocycles. The fraction of sp³-hybridized carbons (Fsp3) is 0.211. The van der Waals surface area contributed by atoms with Crippen LogP contribution in [0.2, 0.25) is 0 Å². The Morgan fingerprint density at radius 3 is 2.61 bits per heavy atom. The third kappa shape index (κ3) is 3.59. The molecule has 0 aliphatic carbocycles. The highest BCUT2D eigenvalue weighted by atomic mass is 32.2. The van der Waals surface area contributed by atoms with E-state index in [0.29, 0.717) is 5.75 Å². The summed E-state index contributed by atoms with van der Waals surface area (Å²) in [6.07, 6.45) is 2.13.